The largest absolute Gasteiger partial charge is 0.456 e. The lowest BCUT2D eigenvalue weighted by molar-refractivity contribution is 0.622. The van der Waals surface area contributed by atoms with Gasteiger partial charge >= 0.3 is 0 Å². The number of fused-ring (bicyclic) bond motifs is 10. The van der Waals surface area contributed by atoms with E-state index < -0.39 is 0 Å². The highest BCUT2D eigenvalue weighted by Gasteiger charge is 2.18. The number of oxazole rings is 1. The maximum atomic E-state index is 6.71. The van der Waals surface area contributed by atoms with Crippen LogP contribution >= 0.6 is 0 Å². The van der Waals surface area contributed by atoms with Gasteiger partial charge in [-0.05, 0) is 99.4 Å². The predicted molar refractivity (Wildman–Crippen MR) is 219 cm³/mol. The van der Waals surface area contributed by atoms with E-state index in [9.17, 15) is 0 Å². The van der Waals surface area contributed by atoms with E-state index in [1.54, 1.807) is 0 Å². The number of hydrogen-bond donors (Lipinski definition) is 0. The Morgan fingerprint density at radius 3 is 1.81 bits per heavy atom. The van der Waals surface area contributed by atoms with Gasteiger partial charge in [0.2, 0.25) is 5.89 Å². The van der Waals surface area contributed by atoms with Crippen LogP contribution in [0, 0.1) is 0 Å². The average Bonchev–Trinajstić information content (AvgIpc) is 3.83. The third-order valence-electron chi connectivity index (χ3n) is 10.4. The molecule has 0 radical (unpaired) electrons. The van der Waals surface area contributed by atoms with Gasteiger partial charge in [-0.1, -0.05) is 115 Å². The molecule has 248 valence electrons. The van der Waals surface area contributed by atoms with Gasteiger partial charge in [-0.25, -0.2) is 4.98 Å². The zero-order valence-corrected chi connectivity index (χ0v) is 28.5. The second-order valence-electron chi connectivity index (χ2n) is 13.6. The third-order valence-corrected chi connectivity index (χ3v) is 10.4. The Balaban J connectivity index is 1.06. The Bertz CT molecular complexity index is 3160. The summed E-state index contributed by atoms with van der Waals surface area (Å²) in [4.78, 5) is 7.32. The van der Waals surface area contributed by atoms with Gasteiger partial charge in [0.25, 0.3) is 0 Å². The summed E-state index contributed by atoms with van der Waals surface area (Å²) in [5.74, 6) is 0.575. The second kappa shape index (κ2) is 11.7. The van der Waals surface area contributed by atoms with Gasteiger partial charge in [0.1, 0.15) is 16.7 Å². The van der Waals surface area contributed by atoms with E-state index in [2.05, 4.69) is 163 Å². The normalized spacial score (nSPS) is 11.8. The van der Waals surface area contributed by atoms with Crippen LogP contribution in [-0.4, -0.2) is 4.98 Å². The minimum Gasteiger partial charge on any atom is -0.456 e. The van der Waals surface area contributed by atoms with Crippen LogP contribution in [0.1, 0.15) is 0 Å². The second-order valence-corrected chi connectivity index (χ2v) is 13.6. The summed E-state index contributed by atoms with van der Waals surface area (Å²) in [6.07, 6.45) is 0. The highest BCUT2D eigenvalue weighted by molar-refractivity contribution is 6.26. The van der Waals surface area contributed by atoms with E-state index in [1.807, 2.05) is 24.3 Å². The van der Waals surface area contributed by atoms with E-state index in [-0.39, 0.29) is 0 Å². The fourth-order valence-corrected chi connectivity index (χ4v) is 7.91. The highest BCUT2D eigenvalue weighted by Crippen LogP contribution is 2.42. The van der Waals surface area contributed by atoms with Crippen molar-refractivity contribution >= 4 is 82.4 Å². The fourth-order valence-electron chi connectivity index (χ4n) is 7.91. The van der Waals surface area contributed by atoms with E-state index >= 15 is 0 Å². The zero-order chi connectivity index (χ0) is 34.9. The number of anilines is 3. The first kappa shape index (κ1) is 29.5. The predicted octanol–water partition coefficient (Wildman–Crippen LogP) is 14.0. The van der Waals surface area contributed by atoms with Crippen molar-refractivity contribution in [3.05, 3.63) is 182 Å². The molecule has 4 nitrogen and oxygen atoms in total. The van der Waals surface area contributed by atoms with Crippen LogP contribution in [-0.2, 0) is 0 Å². The first-order valence-corrected chi connectivity index (χ1v) is 17.9. The molecule has 0 N–H and O–H groups in total. The van der Waals surface area contributed by atoms with E-state index in [0.717, 1.165) is 82.6 Å². The number of benzene rings is 9. The molecule has 0 unspecified atom stereocenters. The number of hydrogen-bond acceptors (Lipinski definition) is 4. The zero-order valence-electron chi connectivity index (χ0n) is 28.5. The van der Waals surface area contributed by atoms with Crippen LogP contribution in [0.15, 0.2) is 191 Å². The summed E-state index contributed by atoms with van der Waals surface area (Å²) in [5, 5.41) is 8.99. The summed E-state index contributed by atoms with van der Waals surface area (Å²) in [6, 6.07) is 64.0. The Kier molecular flexibility index (Phi) is 6.52. The Labute approximate surface area is 304 Å². The molecular weight excluding hydrogens is 649 g/mol. The first-order chi connectivity index (χ1) is 26.2. The van der Waals surface area contributed by atoms with Crippen molar-refractivity contribution in [3.63, 3.8) is 0 Å². The van der Waals surface area contributed by atoms with Gasteiger partial charge in [0.05, 0.1) is 0 Å². The quantitative estimate of drug-likeness (QED) is 0.170. The van der Waals surface area contributed by atoms with Crippen LogP contribution in [0.4, 0.5) is 17.1 Å². The Hall–Kier alpha value is -7.17. The number of rotatable bonds is 5. The Morgan fingerprint density at radius 2 is 0.981 bits per heavy atom. The molecule has 0 bridgehead atoms. The van der Waals surface area contributed by atoms with Crippen LogP contribution in [0.25, 0.3) is 87.9 Å². The van der Waals surface area contributed by atoms with Crippen LogP contribution in [0.3, 0.4) is 0 Å². The van der Waals surface area contributed by atoms with Crippen LogP contribution in [0.5, 0.6) is 0 Å². The van der Waals surface area contributed by atoms with Crippen molar-refractivity contribution in [2.45, 2.75) is 0 Å². The van der Waals surface area contributed by atoms with Gasteiger partial charge < -0.3 is 13.7 Å². The van der Waals surface area contributed by atoms with Gasteiger partial charge in [-0.3, -0.25) is 0 Å². The minimum atomic E-state index is 0.575. The highest BCUT2D eigenvalue weighted by atomic mass is 16.3. The number of para-hydroxylation sites is 2. The van der Waals surface area contributed by atoms with Gasteiger partial charge in [0.15, 0.2) is 5.58 Å². The molecule has 11 rings (SSSR count). The molecule has 0 spiro atoms. The van der Waals surface area contributed by atoms with Gasteiger partial charge in [0, 0.05) is 44.2 Å². The monoisotopic (exact) mass is 678 g/mol. The molecule has 0 saturated heterocycles. The molecule has 2 heterocycles. The molecule has 0 fully saturated rings. The maximum absolute atomic E-state index is 6.71. The molecule has 4 heteroatoms. The van der Waals surface area contributed by atoms with Crippen LogP contribution in [0.2, 0.25) is 0 Å². The molecule has 0 amide bonds. The summed E-state index contributed by atoms with van der Waals surface area (Å²) < 4.78 is 12.9. The third kappa shape index (κ3) is 4.80. The van der Waals surface area contributed by atoms with Crippen molar-refractivity contribution in [3.8, 4) is 22.6 Å². The lowest BCUT2D eigenvalue weighted by atomic mass is 9.95. The van der Waals surface area contributed by atoms with E-state index in [1.165, 1.54) is 16.5 Å². The molecule has 0 aliphatic rings. The summed E-state index contributed by atoms with van der Waals surface area (Å²) in [5.41, 5.74) is 9.86. The molecular formula is C49H30N2O2. The molecule has 0 atom stereocenters. The topological polar surface area (TPSA) is 42.4 Å². The standard InChI is InChI=1S/C49H30N2O2/c1-3-9-31(10-4-1)32-19-23-38(24-20-32)51(37-11-5-2-6-12-37)39-25-27-40-35(29-39)18-17-33-15-16-34-22-28-43-48(47(34)46(33)40)53-49(50-43)36-21-26-42-41-13-7-8-14-44(41)52-45(42)30-36/h1-30H. The number of aromatic nitrogens is 1. The molecule has 53 heavy (non-hydrogen) atoms. The van der Waals surface area contributed by atoms with E-state index in [4.69, 9.17) is 13.8 Å². The van der Waals surface area contributed by atoms with Crippen molar-refractivity contribution in [1.82, 2.24) is 4.98 Å². The smallest absolute Gasteiger partial charge is 0.227 e. The first-order valence-electron chi connectivity index (χ1n) is 17.9. The lowest BCUT2D eigenvalue weighted by Crippen LogP contribution is -2.09. The van der Waals surface area contributed by atoms with Crippen LogP contribution < -0.4 is 4.90 Å². The maximum Gasteiger partial charge on any atom is 0.227 e. The molecule has 9 aromatic carbocycles. The molecule has 0 aliphatic heterocycles. The minimum absolute atomic E-state index is 0.575. The number of nitrogens with zero attached hydrogens (tertiary/aromatic N) is 2. The molecule has 0 aliphatic carbocycles. The van der Waals surface area contributed by atoms with Crippen molar-refractivity contribution in [2.75, 3.05) is 4.90 Å². The SMILES string of the molecule is c1ccc(-c2ccc(N(c3ccccc3)c3ccc4c(ccc5ccc6ccc7nc(-c8ccc9c(c8)oc8ccccc89)oc7c6c54)c3)cc2)cc1. The Morgan fingerprint density at radius 1 is 0.377 bits per heavy atom. The van der Waals surface area contributed by atoms with Crippen molar-refractivity contribution < 1.29 is 8.83 Å². The summed E-state index contributed by atoms with van der Waals surface area (Å²) >= 11 is 0. The fraction of sp³-hybridized carbons (Fsp3) is 0. The van der Waals surface area contributed by atoms with Gasteiger partial charge in [-0.15, -0.1) is 0 Å². The molecule has 2 aromatic heterocycles. The average molecular weight is 679 g/mol. The van der Waals surface area contributed by atoms with Gasteiger partial charge in [-0.2, -0.15) is 0 Å². The number of furan rings is 1. The van der Waals surface area contributed by atoms with E-state index in [0.29, 0.717) is 5.89 Å². The molecule has 0 saturated carbocycles. The summed E-state index contributed by atoms with van der Waals surface area (Å²) in [6.45, 7) is 0. The summed E-state index contributed by atoms with van der Waals surface area (Å²) in [7, 11) is 0. The van der Waals surface area contributed by atoms with Crippen molar-refractivity contribution in [1.29, 1.82) is 0 Å². The lowest BCUT2D eigenvalue weighted by Gasteiger charge is -2.26. The molecule has 11 aromatic rings. The van der Waals surface area contributed by atoms with Crippen molar-refractivity contribution in [2.24, 2.45) is 0 Å².